The maximum absolute atomic E-state index is 13.0. The van der Waals surface area contributed by atoms with Crippen LogP contribution in [-0.2, 0) is 14.8 Å². The van der Waals surface area contributed by atoms with Crippen molar-refractivity contribution >= 4 is 21.6 Å². The molecule has 0 aliphatic rings. The third kappa shape index (κ3) is 4.23. The highest BCUT2D eigenvalue weighted by Gasteiger charge is 2.26. The number of sulfonamides is 1. The van der Waals surface area contributed by atoms with Gasteiger partial charge in [0.1, 0.15) is 6.54 Å². The predicted molar refractivity (Wildman–Crippen MR) is 95.4 cm³/mol. The van der Waals surface area contributed by atoms with Crippen molar-refractivity contribution in [2.24, 2.45) is 0 Å². The summed E-state index contributed by atoms with van der Waals surface area (Å²) in [7, 11) is -3.84. The molecule has 0 fully saturated rings. The lowest BCUT2D eigenvalue weighted by atomic mass is 10.2. The molecule has 6 heteroatoms. The van der Waals surface area contributed by atoms with Gasteiger partial charge in [-0.05, 0) is 31.2 Å². The molecule has 1 N–H and O–H groups in total. The van der Waals surface area contributed by atoms with E-state index in [0.29, 0.717) is 5.69 Å². The first kappa shape index (κ1) is 17.7. The second-order valence-corrected chi connectivity index (χ2v) is 7.12. The average Bonchev–Trinajstić information content (AvgIpc) is 2.59. The number of benzene rings is 2. The van der Waals surface area contributed by atoms with Gasteiger partial charge in [-0.25, -0.2) is 8.42 Å². The topological polar surface area (TPSA) is 66.5 Å². The number of nitrogens with zero attached hydrogens (tertiary/aromatic N) is 1. The summed E-state index contributed by atoms with van der Waals surface area (Å²) in [5.41, 5.74) is 1.45. The zero-order valence-electron chi connectivity index (χ0n) is 13.5. The molecule has 1 amide bonds. The van der Waals surface area contributed by atoms with Crippen LogP contribution in [0.4, 0.5) is 5.69 Å². The molecule has 2 aromatic carbocycles. The van der Waals surface area contributed by atoms with Crippen molar-refractivity contribution < 1.29 is 13.2 Å². The minimum absolute atomic E-state index is 0.141. The Morgan fingerprint density at radius 1 is 1.12 bits per heavy atom. The third-order valence-electron chi connectivity index (χ3n) is 3.38. The van der Waals surface area contributed by atoms with E-state index in [0.717, 1.165) is 9.87 Å². The van der Waals surface area contributed by atoms with Crippen LogP contribution in [0.1, 0.15) is 5.56 Å². The van der Waals surface area contributed by atoms with Crippen molar-refractivity contribution in [2.75, 3.05) is 17.4 Å². The molecule has 0 atom stereocenters. The van der Waals surface area contributed by atoms with Crippen LogP contribution >= 0.6 is 0 Å². The second kappa shape index (κ2) is 7.79. The standard InChI is InChI=1S/C18H20N2O3S/c1-3-13-19-18(21)14-20(16-11-9-15(2)10-12-16)24(22,23)17-7-5-4-6-8-17/h3-12H,1,13-14H2,2H3,(H,19,21). The van der Waals surface area contributed by atoms with Gasteiger partial charge in [-0.1, -0.05) is 42.0 Å². The number of nitrogens with one attached hydrogen (secondary N) is 1. The molecule has 0 saturated heterocycles. The molecule has 0 spiro atoms. The molecule has 24 heavy (non-hydrogen) atoms. The maximum Gasteiger partial charge on any atom is 0.264 e. The van der Waals surface area contributed by atoms with Crippen LogP contribution in [0.3, 0.4) is 0 Å². The maximum atomic E-state index is 13.0. The number of hydrogen-bond donors (Lipinski definition) is 1. The fraction of sp³-hybridized carbons (Fsp3) is 0.167. The Hall–Kier alpha value is -2.60. The van der Waals surface area contributed by atoms with E-state index in [-0.39, 0.29) is 18.0 Å². The Morgan fingerprint density at radius 3 is 2.33 bits per heavy atom. The molecule has 0 aliphatic carbocycles. The highest BCUT2D eigenvalue weighted by atomic mass is 32.2. The van der Waals surface area contributed by atoms with Gasteiger partial charge in [0, 0.05) is 6.54 Å². The lowest BCUT2D eigenvalue weighted by molar-refractivity contribution is -0.119. The minimum Gasteiger partial charge on any atom is -0.351 e. The summed E-state index contributed by atoms with van der Waals surface area (Å²) < 4.78 is 27.0. The Bertz CT molecular complexity index is 800. The molecule has 2 aromatic rings. The lowest BCUT2D eigenvalue weighted by Crippen LogP contribution is -2.40. The summed E-state index contributed by atoms with van der Waals surface area (Å²) in [6.45, 7) is 5.43. The lowest BCUT2D eigenvalue weighted by Gasteiger charge is -2.24. The van der Waals surface area contributed by atoms with E-state index in [1.54, 1.807) is 36.4 Å². The van der Waals surface area contributed by atoms with Gasteiger partial charge in [0.05, 0.1) is 10.6 Å². The van der Waals surface area contributed by atoms with E-state index in [1.807, 2.05) is 19.1 Å². The van der Waals surface area contributed by atoms with E-state index < -0.39 is 15.9 Å². The fourth-order valence-electron chi connectivity index (χ4n) is 2.12. The molecule has 0 bridgehead atoms. The highest BCUT2D eigenvalue weighted by Crippen LogP contribution is 2.23. The third-order valence-corrected chi connectivity index (χ3v) is 5.17. The minimum atomic E-state index is -3.84. The van der Waals surface area contributed by atoms with Gasteiger partial charge in [-0.3, -0.25) is 9.10 Å². The van der Waals surface area contributed by atoms with Gasteiger partial charge in [0.15, 0.2) is 0 Å². The van der Waals surface area contributed by atoms with Crippen LogP contribution in [0.5, 0.6) is 0 Å². The normalized spacial score (nSPS) is 10.9. The van der Waals surface area contributed by atoms with Crippen molar-refractivity contribution in [3.8, 4) is 0 Å². The second-order valence-electron chi connectivity index (χ2n) is 5.25. The van der Waals surface area contributed by atoms with Crippen LogP contribution in [-0.4, -0.2) is 27.4 Å². The van der Waals surface area contributed by atoms with Crippen molar-refractivity contribution in [1.29, 1.82) is 0 Å². The molecule has 0 unspecified atom stereocenters. The zero-order chi connectivity index (χ0) is 17.6. The molecule has 2 rings (SSSR count). The first-order chi connectivity index (χ1) is 11.4. The highest BCUT2D eigenvalue weighted by molar-refractivity contribution is 7.92. The predicted octanol–water partition coefficient (Wildman–Crippen LogP) is 2.49. The Balaban J connectivity index is 2.40. The first-order valence-electron chi connectivity index (χ1n) is 7.47. The largest absolute Gasteiger partial charge is 0.351 e. The van der Waals surface area contributed by atoms with E-state index in [9.17, 15) is 13.2 Å². The molecular weight excluding hydrogens is 324 g/mol. The molecule has 0 heterocycles. The van der Waals surface area contributed by atoms with Gasteiger partial charge in [-0.15, -0.1) is 6.58 Å². The zero-order valence-corrected chi connectivity index (χ0v) is 14.3. The summed E-state index contributed by atoms with van der Waals surface area (Å²) in [6.07, 6.45) is 1.54. The molecule has 126 valence electrons. The summed E-state index contributed by atoms with van der Waals surface area (Å²) in [5, 5.41) is 2.60. The summed E-state index contributed by atoms with van der Waals surface area (Å²) >= 11 is 0. The van der Waals surface area contributed by atoms with Gasteiger partial charge >= 0.3 is 0 Å². The summed E-state index contributed by atoms with van der Waals surface area (Å²) in [5.74, 6) is -0.394. The molecule has 0 radical (unpaired) electrons. The van der Waals surface area contributed by atoms with E-state index >= 15 is 0 Å². The van der Waals surface area contributed by atoms with Crippen molar-refractivity contribution in [1.82, 2.24) is 5.32 Å². The van der Waals surface area contributed by atoms with Gasteiger partial charge < -0.3 is 5.32 Å². The monoisotopic (exact) mass is 344 g/mol. The first-order valence-corrected chi connectivity index (χ1v) is 8.91. The van der Waals surface area contributed by atoms with Crippen LogP contribution < -0.4 is 9.62 Å². The number of rotatable bonds is 7. The van der Waals surface area contributed by atoms with Crippen LogP contribution in [0.2, 0.25) is 0 Å². The van der Waals surface area contributed by atoms with Crippen LogP contribution in [0, 0.1) is 6.92 Å². The number of hydrogen-bond acceptors (Lipinski definition) is 3. The number of carbonyl (C=O) groups is 1. The molecule has 0 aliphatic heterocycles. The number of carbonyl (C=O) groups excluding carboxylic acids is 1. The molecule has 5 nitrogen and oxygen atoms in total. The SMILES string of the molecule is C=CCNC(=O)CN(c1ccc(C)cc1)S(=O)(=O)c1ccccc1. The summed E-state index contributed by atoms with van der Waals surface area (Å²) in [6, 6.07) is 15.1. The van der Waals surface area contributed by atoms with E-state index in [1.165, 1.54) is 12.1 Å². The number of amides is 1. The average molecular weight is 344 g/mol. The smallest absolute Gasteiger partial charge is 0.264 e. The van der Waals surface area contributed by atoms with Crippen molar-refractivity contribution in [3.05, 3.63) is 72.8 Å². The number of aryl methyl sites for hydroxylation is 1. The molecule has 0 saturated carbocycles. The van der Waals surface area contributed by atoms with Crippen molar-refractivity contribution in [2.45, 2.75) is 11.8 Å². The van der Waals surface area contributed by atoms with Crippen LogP contribution in [0.15, 0.2) is 72.1 Å². The van der Waals surface area contributed by atoms with Crippen LogP contribution in [0.25, 0.3) is 0 Å². The Kier molecular flexibility index (Phi) is 5.76. The quantitative estimate of drug-likeness (QED) is 0.785. The van der Waals surface area contributed by atoms with Gasteiger partial charge in [0.2, 0.25) is 5.91 Å². The van der Waals surface area contributed by atoms with E-state index in [4.69, 9.17) is 0 Å². The van der Waals surface area contributed by atoms with Gasteiger partial charge in [-0.2, -0.15) is 0 Å². The molecular formula is C18H20N2O3S. The van der Waals surface area contributed by atoms with E-state index in [2.05, 4.69) is 11.9 Å². The van der Waals surface area contributed by atoms with Crippen molar-refractivity contribution in [3.63, 3.8) is 0 Å². The summed E-state index contributed by atoms with van der Waals surface area (Å²) in [4.78, 5) is 12.2. The number of anilines is 1. The fourth-order valence-corrected chi connectivity index (χ4v) is 3.56. The van der Waals surface area contributed by atoms with Gasteiger partial charge in [0.25, 0.3) is 10.0 Å². The Labute approximate surface area is 142 Å². The molecule has 0 aromatic heterocycles. The Morgan fingerprint density at radius 2 is 1.75 bits per heavy atom.